The van der Waals surface area contributed by atoms with Crippen LogP contribution in [0, 0.1) is 0 Å². The second-order valence-corrected chi connectivity index (χ2v) is 3.19. The maximum Gasteiger partial charge on any atom is 0.354 e. The van der Waals surface area contributed by atoms with E-state index in [4.69, 9.17) is 16.7 Å². The van der Waals surface area contributed by atoms with E-state index in [2.05, 4.69) is 15.0 Å². The highest BCUT2D eigenvalue weighted by atomic mass is 35.5. The Bertz CT molecular complexity index is 496. The van der Waals surface area contributed by atoms with Crippen molar-refractivity contribution in [1.29, 1.82) is 0 Å². The molecule has 0 atom stereocenters. The third kappa shape index (κ3) is 1.97. The van der Waals surface area contributed by atoms with E-state index in [0.717, 1.165) is 0 Å². The van der Waals surface area contributed by atoms with Crippen LogP contribution >= 0.6 is 11.6 Å². The lowest BCUT2D eigenvalue weighted by molar-refractivity contribution is 0.0690. The summed E-state index contributed by atoms with van der Waals surface area (Å²) in [7, 11) is 0. The average Bonchev–Trinajstić information content (AvgIpc) is 2.69. The van der Waals surface area contributed by atoms with E-state index in [0.29, 0.717) is 11.4 Å². The van der Waals surface area contributed by atoms with Gasteiger partial charge in [-0.2, -0.15) is 0 Å². The number of aromatic carboxylic acids is 1. The molecule has 0 saturated carbocycles. The first-order valence-corrected chi connectivity index (χ1v) is 4.45. The van der Waals surface area contributed by atoms with E-state index >= 15 is 0 Å². The Kier molecular flexibility index (Phi) is 2.39. The van der Waals surface area contributed by atoms with Crippen molar-refractivity contribution in [3.05, 3.63) is 35.4 Å². The zero-order valence-electron chi connectivity index (χ0n) is 7.44. The lowest BCUT2D eigenvalue weighted by Gasteiger charge is -1.99. The second-order valence-electron chi connectivity index (χ2n) is 2.80. The van der Waals surface area contributed by atoms with Crippen LogP contribution in [0.2, 0.25) is 5.15 Å². The van der Waals surface area contributed by atoms with Gasteiger partial charge in [0.2, 0.25) is 0 Å². The van der Waals surface area contributed by atoms with Gasteiger partial charge in [0.15, 0.2) is 11.5 Å². The van der Waals surface area contributed by atoms with E-state index in [1.54, 1.807) is 18.5 Å². The fourth-order valence-electron chi connectivity index (χ4n) is 1.12. The summed E-state index contributed by atoms with van der Waals surface area (Å²) >= 11 is 5.69. The smallest absolute Gasteiger partial charge is 0.354 e. The molecule has 5 nitrogen and oxygen atoms in total. The molecule has 0 unspecified atom stereocenters. The van der Waals surface area contributed by atoms with Gasteiger partial charge in [0, 0.05) is 24.0 Å². The van der Waals surface area contributed by atoms with Crippen LogP contribution in [0.5, 0.6) is 0 Å². The Hall–Kier alpha value is -1.88. The average molecular weight is 224 g/mol. The van der Waals surface area contributed by atoms with Crippen LogP contribution in [-0.2, 0) is 0 Å². The second kappa shape index (κ2) is 3.70. The molecule has 2 heterocycles. The Morgan fingerprint density at radius 1 is 1.47 bits per heavy atom. The Balaban J connectivity index is 2.54. The third-order valence-corrected chi connectivity index (χ3v) is 1.96. The van der Waals surface area contributed by atoms with Crippen molar-refractivity contribution >= 4 is 17.6 Å². The van der Waals surface area contributed by atoms with Crippen LogP contribution in [0.3, 0.4) is 0 Å². The number of nitrogens with zero attached hydrogens (tertiary/aromatic N) is 2. The zero-order chi connectivity index (χ0) is 10.8. The lowest BCUT2D eigenvalue weighted by atomic mass is 10.3. The monoisotopic (exact) mass is 223 g/mol. The molecule has 15 heavy (non-hydrogen) atoms. The van der Waals surface area contributed by atoms with Crippen LogP contribution in [0.4, 0.5) is 0 Å². The number of aromatic amines is 1. The number of nitrogens with one attached hydrogen (secondary N) is 1. The van der Waals surface area contributed by atoms with Gasteiger partial charge in [0.1, 0.15) is 5.15 Å². The summed E-state index contributed by atoms with van der Waals surface area (Å²) in [5.41, 5.74) is 0.575. The summed E-state index contributed by atoms with van der Waals surface area (Å²) < 4.78 is 0. The molecule has 0 spiro atoms. The van der Waals surface area contributed by atoms with Gasteiger partial charge < -0.3 is 10.1 Å². The predicted octanol–water partition coefficient (Wildman–Crippen LogP) is 1.82. The summed E-state index contributed by atoms with van der Waals surface area (Å²) in [4.78, 5) is 21.3. The van der Waals surface area contributed by atoms with Crippen molar-refractivity contribution in [3.63, 3.8) is 0 Å². The molecule has 0 radical (unpaired) electrons. The molecule has 0 aliphatic heterocycles. The van der Waals surface area contributed by atoms with Gasteiger partial charge in [-0.25, -0.2) is 14.8 Å². The van der Waals surface area contributed by atoms with Gasteiger partial charge in [-0.05, 0) is 6.07 Å². The van der Waals surface area contributed by atoms with Gasteiger partial charge in [0.05, 0.1) is 0 Å². The topological polar surface area (TPSA) is 78.9 Å². The Morgan fingerprint density at radius 2 is 2.27 bits per heavy atom. The van der Waals surface area contributed by atoms with Gasteiger partial charge in [-0.1, -0.05) is 11.6 Å². The molecule has 2 aromatic rings. The molecule has 0 amide bonds. The number of rotatable bonds is 2. The minimum atomic E-state index is -1.13. The van der Waals surface area contributed by atoms with Crippen molar-refractivity contribution < 1.29 is 9.90 Å². The summed E-state index contributed by atoms with van der Waals surface area (Å²) in [5, 5.41) is 8.88. The molecule has 76 valence electrons. The molecule has 6 heteroatoms. The van der Waals surface area contributed by atoms with Gasteiger partial charge in [-0.15, -0.1) is 0 Å². The van der Waals surface area contributed by atoms with Gasteiger partial charge in [0.25, 0.3) is 0 Å². The van der Waals surface area contributed by atoms with E-state index in [1.165, 1.54) is 6.07 Å². The van der Waals surface area contributed by atoms with E-state index in [9.17, 15) is 4.79 Å². The molecule has 2 aromatic heterocycles. The molecule has 0 bridgehead atoms. The van der Waals surface area contributed by atoms with Crippen LogP contribution < -0.4 is 0 Å². The minimum Gasteiger partial charge on any atom is -0.477 e. The zero-order valence-corrected chi connectivity index (χ0v) is 8.19. The molecule has 0 aliphatic rings. The molecule has 0 saturated heterocycles. The van der Waals surface area contributed by atoms with E-state index < -0.39 is 5.97 Å². The fraction of sp³-hybridized carbons (Fsp3) is 0. The fourth-order valence-corrected chi connectivity index (χ4v) is 1.30. The number of H-pyrrole nitrogens is 1. The highest BCUT2D eigenvalue weighted by Gasteiger charge is 2.10. The van der Waals surface area contributed by atoms with Crippen molar-refractivity contribution in [3.8, 4) is 11.4 Å². The largest absolute Gasteiger partial charge is 0.477 e. The van der Waals surface area contributed by atoms with Crippen LogP contribution in [0.25, 0.3) is 11.4 Å². The molecule has 0 aromatic carbocycles. The van der Waals surface area contributed by atoms with Crippen molar-refractivity contribution in [2.75, 3.05) is 0 Å². The standard InChI is InChI=1S/C9H6ClN3O2/c10-7-3-6(9(14)15)12-8(13-7)5-1-2-11-4-5/h1-4,11H,(H,14,15). The molecule has 0 aliphatic carbocycles. The van der Waals surface area contributed by atoms with Crippen LogP contribution in [-0.4, -0.2) is 26.0 Å². The molecule has 0 fully saturated rings. The normalized spacial score (nSPS) is 10.2. The highest BCUT2D eigenvalue weighted by molar-refractivity contribution is 6.29. The summed E-state index contributed by atoms with van der Waals surface area (Å²) in [6.45, 7) is 0. The maximum absolute atomic E-state index is 10.7. The summed E-state index contributed by atoms with van der Waals surface area (Å²) in [6, 6.07) is 2.94. The van der Waals surface area contributed by atoms with Crippen molar-refractivity contribution in [2.45, 2.75) is 0 Å². The molecular weight excluding hydrogens is 218 g/mol. The number of hydrogen-bond acceptors (Lipinski definition) is 3. The summed E-state index contributed by atoms with van der Waals surface area (Å²) in [5.74, 6) is -0.836. The van der Waals surface area contributed by atoms with Crippen LogP contribution in [0.1, 0.15) is 10.5 Å². The number of hydrogen-bond donors (Lipinski definition) is 2. The molecule has 2 rings (SSSR count). The number of carboxylic acids is 1. The highest BCUT2D eigenvalue weighted by Crippen LogP contribution is 2.17. The van der Waals surface area contributed by atoms with Crippen LogP contribution in [0.15, 0.2) is 24.5 Å². The molecule has 2 N–H and O–H groups in total. The van der Waals surface area contributed by atoms with E-state index in [1.807, 2.05) is 0 Å². The third-order valence-electron chi connectivity index (χ3n) is 1.77. The Labute approximate surface area is 89.8 Å². The summed E-state index contributed by atoms with van der Waals surface area (Å²) in [6.07, 6.45) is 3.36. The number of halogens is 1. The first kappa shape index (κ1) is 9.67. The first-order valence-electron chi connectivity index (χ1n) is 4.08. The number of carbonyl (C=O) groups is 1. The SMILES string of the molecule is O=C(O)c1cc(Cl)nc(-c2cc[nH]c2)n1. The number of aromatic nitrogens is 3. The number of carboxylic acid groups (broad SMARTS) is 1. The first-order chi connectivity index (χ1) is 7.16. The Morgan fingerprint density at radius 3 is 2.87 bits per heavy atom. The minimum absolute atomic E-state index is 0.110. The van der Waals surface area contributed by atoms with Crippen molar-refractivity contribution in [1.82, 2.24) is 15.0 Å². The van der Waals surface area contributed by atoms with Crippen molar-refractivity contribution in [2.24, 2.45) is 0 Å². The van der Waals surface area contributed by atoms with E-state index in [-0.39, 0.29) is 10.8 Å². The van der Waals surface area contributed by atoms with Gasteiger partial charge >= 0.3 is 5.97 Å². The molecular formula is C9H6ClN3O2. The maximum atomic E-state index is 10.7. The quantitative estimate of drug-likeness (QED) is 0.762. The lowest BCUT2D eigenvalue weighted by Crippen LogP contribution is -2.02. The van der Waals surface area contributed by atoms with Gasteiger partial charge in [-0.3, -0.25) is 0 Å². The predicted molar refractivity (Wildman–Crippen MR) is 53.8 cm³/mol.